The Balaban J connectivity index is 1.76. The van der Waals surface area contributed by atoms with E-state index in [2.05, 4.69) is 61.5 Å². The van der Waals surface area contributed by atoms with Gasteiger partial charge in [-0.1, -0.05) is 60.1 Å². The minimum Gasteiger partial charge on any atom is -0.303 e. The van der Waals surface area contributed by atoms with Crippen molar-refractivity contribution in [2.24, 2.45) is 57.2 Å². The van der Waals surface area contributed by atoms with Crippen LogP contribution in [-0.2, 0) is 4.79 Å². The number of hydrogen-bond donors (Lipinski definition) is 0. The summed E-state index contributed by atoms with van der Waals surface area (Å²) in [7, 11) is 0. The Morgan fingerprint density at radius 2 is 1.73 bits per heavy atom. The molecule has 9 atom stereocenters. The summed E-state index contributed by atoms with van der Waals surface area (Å²) in [5.41, 5.74) is 3.09. The lowest BCUT2D eigenvalue weighted by atomic mass is 9.33. The molecule has 9 unspecified atom stereocenters. The van der Waals surface area contributed by atoms with Crippen molar-refractivity contribution in [3.8, 4) is 0 Å². The lowest BCUT2D eigenvalue weighted by Gasteiger charge is -2.72. The van der Waals surface area contributed by atoms with E-state index in [1.54, 1.807) is 5.57 Å². The highest BCUT2D eigenvalue weighted by molar-refractivity contribution is 5.51. The van der Waals surface area contributed by atoms with Crippen LogP contribution >= 0.6 is 0 Å². The van der Waals surface area contributed by atoms with Crippen molar-refractivity contribution in [3.63, 3.8) is 0 Å². The van der Waals surface area contributed by atoms with Gasteiger partial charge in [0.2, 0.25) is 0 Å². The van der Waals surface area contributed by atoms with Gasteiger partial charge >= 0.3 is 0 Å². The summed E-state index contributed by atoms with van der Waals surface area (Å²) >= 11 is 0. The maximum Gasteiger partial charge on any atom is 0.120 e. The summed E-state index contributed by atoms with van der Waals surface area (Å²) in [5, 5.41) is 0. The molecule has 1 nitrogen and oxygen atoms in total. The molecule has 0 amide bonds. The highest BCUT2D eigenvalue weighted by atomic mass is 16.1. The van der Waals surface area contributed by atoms with Gasteiger partial charge in [-0.05, 0) is 109 Å². The van der Waals surface area contributed by atoms with Gasteiger partial charge in [0.25, 0.3) is 0 Å². The van der Waals surface area contributed by atoms with Gasteiger partial charge in [-0.2, -0.15) is 0 Å². The van der Waals surface area contributed by atoms with Crippen LogP contribution in [0.25, 0.3) is 0 Å². The van der Waals surface area contributed by atoms with E-state index in [1.165, 1.54) is 51.2 Å². The van der Waals surface area contributed by atoms with Crippen LogP contribution in [0.5, 0.6) is 0 Å². The average molecular weight is 413 g/mol. The molecule has 1 heteroatoms. The second-order valence-corrected chi connectivity index (χ2v) is 13.5. The topological polar surface area (TPSA) is 17.1 Å². The van der Waals surface area contributed by atoms with Crippen LogP contribution < -0.4 is 0 Å². The number of fused-ring (bicyclic) bond motifs is 5. The van der Waals surface area contributed by atoms with Gasteiger partial charge in [0.05, 0.1) is 0 Å². The minimum atomic E-state index is 0.172. The van der Waals surface area contributed by atoms with Crippen LogP contribution in [0.15, 0.2) is 11.6 Å². The van der Waals surface area contributed by atoms with E-state index >= 15 is 0 Å². The van der Waals surface area contributed by atoms with Gasteiger partial charge in [-0.15, -0.1) is 0 Å². The molecule has 4 aliphatic rings. The fourth-order valence-electron chi connectivity index (χ4n) is 10.2. The van der Waals surface area contributed by atoms with Crippen molar-refractivity contribution < 1.29 is 4.79 Å². The molecule has 0 bridgehead atoms. The van der Waals surface area contributed by atoms with Crippen molar-refractivity contribution in [1.82, 2.24) is 0 Å². The molecule has 0 radical (unpaired) electrons. The van der Waals surface area contributed by atoms with E-state index in [4.69, 9.17) is 0 Å². The van der Waals surface area contributed by atoms with Gasteiger partial charge < -0.3 is 4.79 Å². The van der Waals surface area contributed by atoms with Crippen LogP contribution in [0.2, 0.25) is 0 Å². The summed E-state index contributed by atoms with van der Waals surface area (Å²) in [4.78, 5) is 11.9. The molecule has 0 spiro atoms. The molecule has 4 rings (SSSR count). The van der Waals surface area contributed by atoms with Crippen LogP contribution in [0.3, 0.4) is 0 Å². The summed E-state index contributed by atoms with van der Waals surface area (Å²) in [6, 6.07) is 0. The van der Waals surface area contributed by atoms with Crippen molar-refractivity contribution in [3.05, 3.63) is 11.6 Å². The summed E-state index contributed by atoms with van der Waals surface area (Å²) in [6.45, 7) is 20.2. The molecule has 3 saturated carbocycles. The maximum absolute atomic E-state index is 11.9. The van der Waals surface area contributed by atoms with Gasteiger partial charge in [-0.25, -0.2) is 0 Å². The summed E-state index contributed by atoms with van der Waals surface area (Å²) in [6.07, 6.45) is 14.1. The monoisotopic (exact) mass is 412 g/mol. The normalized spacial score (nSPS) is 53.4. The van der Waals surface area contributed by atoms with Crippen LogP contribution in [0, 0.1) is 57.2 Å². The number of rotatable bonds is 3. The Morgan fingerprint density at radius 1 is 1.03 bits per heavy atom. The minimum absolute atomic E-state index is 0.172. The molecule has 170 valence electrons. The zero-order valence-electron chi connectivity index (χ0n) is 21.2. The predicted octanol–water partition coefficient (Wildman–Crippen LogP) is 8.09. The second-order valence-electron chi connectivity index (χ2n) is 13.5. The molecule has 30 heavy (non-hydrogen) atoms. The molecule has 0 aromatic rings. The third kappa shape index (κ3) is 2.82. The lowest BCUT2D eigenvalue weighted by molar-refractivity contribution is -0.226. The molecular weight excluding hydrogens is 364 g/mol. The Morgan fingerprint density at radius 3 is 2.37 bits per heavy atom. The number of hydrogen-bond acceptors (Lipinski definition) is 1. The van der Waals surface area contributed by atoms with Crippen LogP contribution in [0.1, 0.15) is 107 Å². The Bertz CT molecular complexity index is 720. The average Bonchev–Trinajstić information content (AvgIpc) is 2.66. The molecule has 0 N–H and O–H groups in total. The first kappa shape index (κ1) is 22.6. The molecule has 0 heterocycles. The molecule has 4 aliphatic carbocycles. The first-order valence-electron chi connectivity index (χ1n) is 13.0. The van der Waals surface area contributed by atoms with Gasteiger partial charge in [0.1, 0.15) is 6.29 Å². The van der Waals surface area contributed by atoms with E-state index < -0.39 is 0 Å². The maximum atomic E-state index is 11.9. The number of carbonyl (C=O) groups is 1. The fourth-order valence-corrected chi connectivity index (χ4v) is 10.2. The first-order chi connectivity index (χ1) is 13.9. The SMILES string of the molecule is CC1=CCC2(C)CCC3(C)C(CCC4C(C)(CC=O)C(C(C)C)CCC43C)C2C1C. The third-order valence-corrected chi connectivity index (χ3v) is 12.2. The zero-order valence-corrected chi connectivity index (χ0v) is 21.2. The van der Waals surface area contributed by atoms with Crippen LogP contribution in [0.4, 0.5) is 0 Å². The summed E-state index contributed by atoms with van der Waals surface area (Å²) < 4.78 is 0. The number of carbonyl (C=O) groups excluding carboxylic acids is 1. The first-order valence-corrected chi connectivity index (χ1v) is 13.0. The Hall–Kier alpha value is -0.590. The van der Waals surface area contributed by atoms with E-state index in [0.717, 1.165) is 24.2 Å². The van der Waals surface area contributed by atoms with Crippen molar-refractivity contribution in [2.45, 2.75) is 107 Å². The van der Waals surface area contributed by atoms with E-state index in [1.807, 2.05) is 0 Å². The van der Waals surface area contributed by atoms with Crippen LogP contribution in [-0.4, -0.2) is 6.29 Å². The fraction of sp³-hybridized carbons (Fsp3) is 0.897. The number of aldehydes is 1. The van der Waals surface area contributed by atoms with Crippen molar-refractivity contribution in [1.29, 1.82) is 0 Å². The van der Waals surface area contributed by atoms with Crippen molar-refractivity contribution >= 4 is 6.29 Å². The van der Waals surface area contributed by atoms with Gasteiger partial charge in [0.15, 0.2) is 0 Å². The highest BCUT2D eigenvalue weighted by Gasteiger charge is 2.67. The van der Waals surface area contributed by atoms with E-state index in [9.17, 15) is 4.79 Å². The smallest absolute Gasteiger partial charge is 0.120 e. The number of allylic oxidation sites excluding steroid dienone is 2. The van der Waals surface area contributed by atoms with Crippen molar-refractivity contribution in [2.75, 3.05) is 0 Å². The molecule has 3 fully saturated rings. The highest BCUT2D eigenvalue weighted by Crippen LogP contribution is 2.75. The molecule has 0 saturated heterocycles. The Kier molecular flexibility index (Phi) is 5.43. The molecule has 0 aliphatic heterocycles. The Labute approximate surface area is 186 Å². The zero-order chi connectivity index (χ0) is 22.1. The summed E-state index contributed by atoms with van der Waals surface area (Å²) in [5.74, 6) is 4.45. The molecule has 0 aromatic carbocycles. The standard InChI is InChI=1S/C29H48O/c1-19(2)22-12-14-29(8)24(27(22,6)17-18-30)10-9-23-25-21(4)20(3)11-13-26(25,5)15-16-28(23,29)7/h11,18-19,21-25H,9-10,12-17H2,1-8H3. The predicted molar refractivity (Wildman–Crippen MR) is 127 cm³/mol. The third-order valence-electron chi connectivity index (χ3n) is 12.2. The van der Waals surface area contributed by atoms with Gasteiger partial charge in [0, 0.05) is 6.42 Å². The molecular formula is C29H48O. The molecule has 0 aromatic heterocycles. The largest absolute Gasteiger partial charge is 0.303 e. The quantitative estimate of drug-likeness (QED) is 0.338. The van der Waals surface area contributed by atoms with E-state index in [0.29, 0.717) is 34.0 Å². The van der Waals surface area contributed by atoms with Gasteiger partial charge in [-0.3, -0.25) is 0 Å². The lowest BCUT2D eigenvalue weighted by Crippen LogP contribution is -2.65. The van der Waals surface area contributed by atoms with E-state index in [-0.39, 0.29) is 5.41 Å². The second kappa shape index (κ2) is 7.21.